The second kappa shape index (κ2) is 39.4. The second-order valence-corrected chi connectivity index (χ2v) is 33.7. The van der Waals surface area contributed by atoms with Crippen LogP contribution in [0.4, 0.5) is 8.78 Å². The Morgan fingerprint density at radius 3 is 1.55 bits per heavy atom. The lowest BCUT2D eigenvalue weighted by Crippen LogP contribution is -2.41. The Morgan fingerprint density at radius 1 is 0.564 bits per heavy atom. The average Bonchev–Trinajstić information content (AvgIpc) is 1.56. The molecule has 9 N–H and O–H groups in total. The van der Waals surface area contributed by atoms with Crippen LogP contribution in [0, 0.1) is 5.92 Å². The van der Waals surface area contributed by atoms with Crippen LogP contribution in [-0.4, -0.2) is 104 Å². The van der Waals surface area contributed by atoms with Crippen LogP contribution in [0.25, 0.3) is 0 Å². The van der Waals surface area contributed by atoms with Crippen molar-refractivity contribution in [2.45, 2.75) is 254 Å². The van der Waals surface area contributed by atoms with Gasteiger partial charge in [0.1, 0.15) is 0 Å². The van der Waals surface area contributed by atoms with Crippen molar-refractivity contribution in [1.29, 1.82) is 0 Å². The number of amides is 2. The fourth-order valence-electron chi connectivity index (χ4n) is 14.6. The number of pyridine rings is 5. The third-order valence-corrected chi connectivity index (χ3v) is 22.0. The van der Waals surface area contributed by atoms with Crippen molar-refractivity contribution in [3.05, 3.63) is 246 Å². The molecule has 4 atom stereocenters. The minimum Gasteiger partial charge on any atom is -0.423 e. The van der Waals surface area contributed by atoms with E-state index in [0.29, 0.717) is 53.8 Å². The number of carbonyl (C=O) groups excluding carboxylic acids is 2. The molecule has 8 heterocycles. The quantitative estimate of drug-likeness (QED) is 0.0465. The van der Waals surface area contributed by atoms with Gasteiger partial charge in [0.15, 0.2) is 0 Å². The van der Waals surface area contributed by atoms with E-state index in [1.54, 1.807) is 12.1 Å². The summed E-state index contributed by atoms with van der Waals surface area (Å²) in [6, 6.07) is 32.9. The van der Waals surface area contributed by atoms with Gasteiger partial charge in [0.2, 0.25) is 0 Å². The Bertz CT molecular complexity index is 4270. The van der Waals surface area contributed by atoms with Gasteiger partial charge in [-0.05, 0) is 199 Å². The minimum atomic E-state index is -3.10. The van der Waals surface area contributed by atoms with Gasteiger partial charge in [-0.2, -0.15) is 0 Å². The smallest absolute Gasteiger partial charge is 0.423 e. The number of benzene rings is 3. The molecule has 590 valence electrons. The minimum absolute atomic E-state index is 0.0636. The lowest BCUT2D eigenvalue weighted by atomic mass is 9.78. The zero-order valence-corrected chi connectivity index (χ0v) is 68.6. The van der Waals surface area contributed by atoms with Gasteiger partial charge in [-0.25, -0.2) is 8.78 Å². The number of fused-ring (bicyclic) bond motifs is 6. The maximum Gasteiger partial charge on any atom is 0.491 e. The van der Waals surface area contributed by atoms with E-state index >= 15 is 0 Å². The Hall–Kier alpha value is -8.01. The third kappa shape index (κ3) is 23.8. The monoisotopic (exact) mass is 1500 g/mol. The number of carbonyl (C=O) groups is 2. The van der Waals surface area contributed by atoms with Crippen LogP contribution in [0.15, 0.2) is 128 Å². The first kappa shape index (κ1) is 86.0. The molecule has 8 aromatic rings. The molecule has 0 saturated heterocycles. The predicted molar refractivity (Wildman–Crippen MR) is 443 cm³/mol. The first-order valence-corrected chi connectivity index (χ1v) is 40.4. The molecule has 16 nitrogen and oxygen atoms in total. The molecule has 4 unspecified atom stereocenters. The van der Waals surface area contributed by atoms with E-state index in [1.807, 2.05) is 73.4 Å². The maximum absolute atomic E-state index is 13.2. The Labute approximate surface area is 656 Å². The highest BCUT2D eigenvalue weighted by Crippen LogP contribution is 2.35. The van der Waals surface area contributed by atoms with Crippen LogP contribution >= 0.6 is 0 Å². The fourth-order valence-corrected chi connectivity index (χ4v) is 14.6. The molecule has 2 amide bonds. The van der Waals surface area contributed by atoms with Crippen LogP contribution in [0.2, 0.25) is 0 Å². The van der Waals surface area contributed by atoms with Gasteiger partial charge in [-0.3, -0.25) is 44.3 Å². The number of alkyl halides is 2. The molecule has 0 spiro atoms. The van der Waals surface area contributed by atoms with E-state index in [4.69, 9.17) is 21.9 Å². The number of aryl methyl sites for hydroxylation is 2. The van der Waals surface area contributed by atoms with Crippen molar-refractivity contribution in [3.8, 4) is 0 Å². The summed E-state index contributed by atoms with van der Waals surface area (Å²) in [6.07, 6.45) is 19.9. The molecular weight excluding hydrogens is 1370 g/mol. The first-order valence-electron chi connectivity index (χ1n) is 40.4. The van der Waals surface area contributed by atoms with Crippen molar-refractivity contribution < 1.29 is 28.0 Å². The molecule has 0 bridgehead atoms. The molecule has 3 aliphatic heterocycles. The lowest BCUT2D eigenvalue weighted by molar-refractivity contribution is 0.0118. The zero-order chi connectivity index (χ0) is 79.7. The second-order valence-electron chi connectivity index (χ2n) is 33.7. The van der Waals surface area contributed by atoms with Crippen LogP contribution in [0.3, 0.4) is 0 Å². The Kier molecular flexibility index (Phi) is 30.8. The Morgan fingerprint density at radius 2 is 1.03 bits per heavy atom. The third-order valence-electron chi connectivity index (χ3n) is 22.0. The van der Waals surface area contributed by atoms with Gasteiger partial charge < -0.3 is 37.5 Å². The summed E-state index contributed by atoms with van der Waals surface area (Å²) in [7, 11) is -0.730. The fraction of sp³-hybridized carbons (Fsp3) is 0.505. The van der Waals surface area contributed by atoms with Gasteiger partial charge >= 0.3 is 7.12 Å². The molecule has 0 saturated carbocycles. The number of halogens is 2. The maximum atomic E-state index is 13.2. The summed E-state index contributed by atoms with van der Waals surface area (Å²) in [4.78, 5) is 51.6. The molecule has 14 rings (SSSR count). The number of rotatable bonds is 17. The van der Waals surface area contributed by atoms with E-state index in [2.05, 4.69) is 199 Å². The Balaban J connectivity index is 0.000000157. The van der Waals surface area contributed by atoms with E-state index in [1.165, 1.54) is 121 Å². The summed E-state index contributed by atoms with van der Waals surface area (Å²) in [5.41, 5.74) is 42.9. The largest absolute Gasteiger partial charge is 0.491 e. The molecule has 0 radical (unpaired) electrons. The van der Waals surface area contributed by atoms with Crippen LogP contribution < -0.4 is 33.3 Å². The van der Waals surface area contributed by atoms with Gasteiger partial charge in [0.05, 0.1) is 19.2 Å². The van der Waals surface area contributed by atoms with Gasteiger partial charge in [0, 0.05) is 142 Å². The number of hydrogen-bond donors (Lipinski definition) is 6. The number of nitrogens with one attached hydrogen (secondary N) is 2. The number of nitrogens with two attached hydrogens (primary N) is 3. The molecule has 3 aliphatic carbocycles. The van der Waals surface area contributed by atoms with Gasteiger partial charge in [-0.15, -0.1) is 0 Å². The number of hydrogen-bond acceptors (Lipinski definition) is 14. The number of aromatic nitrogens is 5. The lowest BCUT2D eigenvalue weighted by Gasteiger charge is -2.30. The van der Waals surface area contributed by atoms with Gasteiger partial charge in [0.25, 0.3) is 17.7 Å². The van der Waals surface area contributed by atoms with Crippen molar-refractivity contribution in [3.63, 3.8) is 0 Å². The number of nitrogens with zero attached hydrogens (tertiary/aromatic N) is 7. The molecule has 19 heteroatoms. The average molecular weight is 1500 g/mol. The summed E-state index contributed by atoms with van der Waals surface area (Å²) in [5.74, 6) is 0.605. The predicted octanol–water partition coefficient (Wildman–Crippen LogP) is 16.0. The van der Waals surface area contributed by atoms with Crippen LogP contribution in [-0.2, 0) is 74.8 Å². The molecule has 3 aromatic carbocycles. The van der Waals surface area contributed by atoms with E-state index in [-0.39, 0.29) is 23.5 Å². The topological polar surface area (TPSA) is 237 Å². The van der Waals surface area contributed by atoms with Crippen LogP contribution in [0.1, 0.15) is 305 Å². The van der Waals surface area contributed by atoms with E-state index < -0.39 is 32.0 Å². The van der Waals surface area contributed by atoms with Gasteiger partial charge in [-0.1, -0.05) is 184 Å². The summed E-state index contributed by atoms with van der Waals surface area (Å²) >= 11 is 0. The van der Waals surface area contributed by atoms with Crippen molar-refractivity contribution >= 4 is 24.4 Å². The first-order chi connectivity index (χ1) is 52.3. The van der Waals surface area contributed by atoms with E-state index in [0.717, 1.165) is 99.8 Å². The van der Waals surface area contributed by atoms with Crippen molar-refractivity contribution in [1.82, 2.24) is 45.4 Å². The molecule has 6 aliphatic rings. The molecule has 110 heavy (non-hydrogen) atoms. The highest BCUT2D eigenvalue weighted by Gasteiger charge is 2.35. The summed E-state index contributed by atoms with van der Waals surface area (Å²) in [5, 5.41) is 14.7. The van der Waals surface area contributed by atoms with Crippen molar-refractivity contribution in [2.75, 3.05) is 39.3 Å². The molecule has 0 fully saturated rings. The molecular formula is C91H125BF2N12O4. The molecule has 5 aromatic heterocycles. The standard InChI is InChI=1S/C23H30F2N4O.C21H28N4O.C12H17BO2.2C12H17N.C11H16N2/c1-22(2,3)19-10-18-13-29(9-8-20(18)27-11-19)12-16-4-6-17(7-5-16)21(30)28-15-23(24,25)14-26;1-15(2)18-11-19-14-25(10-7-20(19)24-12-18)13-16-3-5-17(6-4-16)21(26)23-9-8-22;1-4-12-10-7-9(8(2)3)5-6-11(10)13(14)15-12;1-8(2)11-6-10-4-9(3)5-12(10)13-7-11;1-8(2)10-6-11-9(3)4-5-12(11)13-7-10;1-7(2)8-5-9-10(12)3-4-11(9)13-6-8/h4-7,10-11H,8-9,12-15,26H2,1-3H3,(H,28,30);3-6,11-12,15H,7-10,13-14,22H2,1-2H3,(H,23,26);5-8,12,14H,4H2,1-3H3;2*6-9H,4-5H2,1-3H3;5-7,10H,3-4,12H2,1-2H3. The highest BCUT2D eigenvalue weighted by molar-refractivity contribution is 6.61. The SMILES string of the molecule is CC(C)(C)c1cnc2c(c1)CN(Cc1ccc(C(=O)NCC(F)(F)CN)cc1)CC2.CC(C)c1cnc2c(c1)C(C)CC2.CC(C)c1cnc2c(c1)C(N)CC2.CC(C)c1cnc2c(c1)CN(Cc1ccc(C(=O)NCCN)cc1)CC2.CC1Cc2cc(C(C)C)cnc2C1.CCC1OB(O)c2ccc(C(C)C)cc21. The normalized spacial score (nSPS) is 17.5. The van der Waals surface area contributed by atoms with Crippen molar-refractivity contribution in [2.24, 2.45) is 23.1 Å². The van der Waals surface area contributed by atoms with Crippen LogP contribution in [0.5, 0.6) is 0 Å². The van der Waals surface area contributed by atoms with E-state index in [9.17, 15) is 23.4 Å². The summed E-state index contributed by atoms with van der Waals surface area (Å²) < 4.78 is 31.9. The summed E-state index contributed by atoms with van der Waals surface area (Å²) in [6.45, 7) is 40.0. The zero-order valence-electron chi connectivity index (χ0n) is 68.6. The highest BCUT2D eigenvalue weighted by atomic mass is 19.3.